The van der Waals surface area contributed by atoms with Gasteiger partial charge in [-0.25, -0.2) is 4.79 Å². The average Bonchev–Trinajstić information content (AvgIpc) is 2.65. The van der Waals surface area contributed by atoms with Gasteiger partial charge < -0.3 is 24.8 Å². The van der Waals surface area contributed by atoms with Gasteiger partial charge in [-0.1, -0.05) is 17.7 Å². The normalized spacial score (nSPS) is 13.6. The third-order valence-electron chi connectivity index (χ3n) is 4.82. The zero-order valence-corrected chi connectivity index (χ0v) is 20.2. The van der Waals surface area contributed by atoms with Gasteiger partial charge in [-0.15, -0.1) is 0 Å². The lowest BCUT2D eigenvalue weighted by molar-refractivity contribution is -0.152. The largest absolute Gasteiger partial charge is 0.495 e. The number of carbonyl (C=O) groups is 3. The fourth-order valence-corrected chi connectivity index (χ4v) is 2.95. The van der Waals surface area contributed by atoms with E-state index in [1.165, 1.54) is 14.2 Å². The van der Waals surface area contributed by atoms with Gasteiger partial charge in [0.15, 0.2) is 0 Å². The summed E-state index contributed by atoms with van der Waals surface area (Å²) in [5.41, 5.74) is -0.985. The van der Waals surface area contributed by atoms with Crippen LogP contribution in [0.3, 0.4) is 0 Å². The van der Waals surface area contributed by atoms with Gasteiger partial charge in [0.1, 0.15) is 17.4 Å². The number of rotatable bonds is 8. The van der Waals surface area contributed by atoms with Crippen LogP contribution in [-0.4, -0.2) is 49.9 Å². The van der Waals surface area contributed by atoms with E-state index in [4.69, 9.17) is 25.8 Å². The summed E-state index contributed by atoms with van der Waals surface area (Å²) in [5.74, 6) is -0.430. The molecule has 0 saturated heterocycles. The molecule has 0 radical (unpaired) electrons. The van der Waals surface area contributed by atoms with Crippen LogP contribution < -0.4 is 15.4 Å². The molecule has 0 saturated carbocycles. The third-order valence-corrected chi connectivity index (χ3v) is 5.11. The van der Waals surface area contributed by atoms with Crippen molar-refractivity contribution in [2.75, 3.05) is 14.2 Å². The zero-order valence-electron chi connectivity index (χ0n) is 19.4. The van der Waals surface area contributed by atoms with Crippen LogP contribution in [0, 0.1) is 5.41 Å². The first-order valence-electron chi connectivity index (χ1n) is 9.92. The van der Waals surface area contributed by atoms with Gasteiger partial charge in [-0.05, 0) is 59.2 Å². The van der Waals surface area contributed by atoms with E-state index in [9.17, 15) is 14.4 Å². The molecular weight excluding hydrogens is 424 g/mol. The van der Waals surface area contributed by atoms with Gasteiger partial charge in [-0.3, -0.25) is 9.59 Å². The van der Waals surface area contributed by atoms with Gasteiger partial charge in [0, 0.05) is 12.5 Å². The van der Waals surface area contributed by atoms with Gasteiger partial charge in [0.2, 0.25) is 5.91 Å². The molecule has 0 unspecified atom stereocenters. The summed E-state index contributed by atoms with van der Waals surface area (Å²) < 4.78 is 15.3. The molecule has 1 aromatic carbocycles. The smallest absolute Gasteiger partial charge is 0.408 e. The topological polar surface area (TPSA) is 103 Å². The molecule has 0 aromatic heterocycles. The molecule has 0 aliphatic rings. The predicted molar refractivity (Wildman–Crippen MR) is 118 cm³/mol. The van der Waals surface area contributed by atoms with Crippen molar-refractivity contribution >= 4 is 29.6 Å². The highest BCUT2D eigenvalue weighted by molar-refractivity contribution is 6.32. The van der Waals surface area contributed by atoms with E-state index in [1.807, 2.05) is 0 Å². The maximum Gasteiger partial charge on any atom is 0.408 e. The minimum Gasteiger partial charge on any atom is -0.495 e. The minimum atomic E-state index is -0.968. The second-order valence-electron chi connectivity index (χ2n) is 8.82. The van der Waals surface area contributed by atoms with Crippen LogP contribution in [0.15, 0.2) is 18.2 Å². The number of hydrogen-bond donors (Lipinski definition) is 2. The SMILES string of the molecule is COC(=O)C(C)(C)[C@H](C)NC(=O)[C@@H](Cc1ccc(OC)c(Cl)c1)NC(=O)OC(C)(C)C. The first-order valence-corrected chi connectivity index (χ1v) is 10.3. The number of carbonyl (C=O) groups excluding carboxylic acids is 3. The summed E-state index contributed by atoms with van der Waals surface area (Å²) in [6.45, 7) is 10.2. The Hall–Kier alpha value is -2.48. The van der Waals surface area contributed by atoms with E-state index in [2.05, 4.69) is 10.6 Å². The summed E-state index contributed by atoms with van der Waals surface area (Å²) in [7, 11) is 2.80. The molecule has 0 aliphatic heterocycles. The number of hydrogen-bond acceptors (Lipinski definition) is 6. The lowest BCUT2D eigenvalue weighted by Crippen LogP contribution is -2.55. The molecule has 174 valence electrons. The Balaban J connectivity index is 3.08. The standard InChI is InChI=1S/C22H33ClN2O6/c1-13(22(5,6)19(27)30-8)24-18(26)16(25-20(28)31-21(2,3)4)12-14-9-10-17(29-7)15(23)11-14/h9-11,13,16H,12H2,1-8H3,(H,24,26)(H,25,28)/t13-,16+/m0/s1. The second-order valence-corrected chi connectivity index (χ2v) is 9.22. The fourth-order valence-electron chi connectivity index (χ4n) is 2.67. The van der Waals surface area contributed by atoms with E-state index in [0.717, 1.165) is 0 Å². The van der Waals surface area contributed by atoms with E-state index in [1.54, 1.807) is 59.7 Å². The average molecular weight is 457 g/mol. The molecule has 0 aliphatic carbocycles. The van der Waals surface area contributed by atoms with Gasteiger partial charge in [-0.2, -0.15) is 0 Å². The highest BCUT2D eigenvalue weighted by Gasteiger charge is 2.37. The molecule has 1 aromatic rings. The second kappa shape index (κ2) is 10.7. The summed E-state index contributed by atoms with van der Waals surface area (Å²) in [4.78, 5) is 37.4. The highest BCUT2D eigenvalue weighted by atomic mass is 35.5. The summed E-state index contributed by atoms with van der Waals surface area (Å²) in [6, 6.07) is 3.58. The summed E-state index contributed by atoms with van der Waals surface area (Å²) >= 11 is 6.19. The molecule has 2 N–H and O–H groups in total. The van der Waals surface area contributed by atoms with Gasteiger partial charge >= 0.3 is 12.1 Å². The van der Waals surface area contributed by atoms with E-state index in [-0.39, 0.29) is 6.42 Å². The molecule has 0 heterocycles. The molecule has 0 bridgehead atoms. The van der Waals surface area contributed by atoms with Crippen LogP contribution in [0.5, 0.6) is 5.75 Å². The monoisotopic (exact) mass is 456 g/mol. The lowest BCUT2D eigenvalue weighted by atomic mass is 9.85. The molecule has 2 amide bonds. The summed E-state index contributed by atoms with van der Waals surface area (Å²) in [6.07, 6.45) is -0.577. The Morgan fingerprint density at radius 3 is 2.16 bits per heavy atom. The molecule has 2 atom stereocenters. The van der Waals surface area contributed by atoms with Gasteiger partial charge in [0.05, 0.1) is 24.7 Å². The Kier molecular flexibility index (Phi) is 9.17. The van der Waals surface area contributed by atoms with Crippen molar-refractivity contribution in [2.24, 2.45) is 5.41 Å². The van der Waals surface area contributed by atoms with Crippen molar-refractivity contribution < 1.29 is 28.6 Å². The van der Waals surface area contributed by atoms with Crippen molar-refractivity contribution in [2.45, 2.75) is 65.6 Å². The minimum absolute atomic E-state index is 0.153. The summed E-state index contributed by atoms with van der Waals surface area (Å²) in [5, 5.41) is 5.79. The Morgan fingerprint density at radius 2 is 1.68 bits per heavy atom. The van der Waals surface area contributed by atoms with E-state index in [0.29, 0.717) is 16.3 Å². The molecule has 0 spiro atoms. The van der Waals surface area contributed by atoms with Crippen LogP contribution in [0.1, 0.15) is 47.1 Å². The molecule has 0 fully saturated rings. The highest BCUT2D eigenvalue weighted by Crippen LogP contribution is 2.26. The maximum atomic E-state index is 13.0. The van der Waals surface area contributed by atoms with E-state index >= 15 is 0 Å². The predicted octanol–water partition coefficient (Wildman–Crippen LogP) is 3.49. The van der Waals surface area contributed by atoms with Crippen LogP contribution in [0.25, 0.3) is 0 Å². The molecule has 8 nitrogen and oxygen atoms in total. The number of nitrogens with one attached hydrogen (secondary N) is 2. The Labute approximate surface area is 188 Å². The maximum absolute atomic E-state index is 13.0. The Morgan fingerprint density at radius 1 is 1.06 bits per heavy atom. The number of ether oxygens (including phenoxy) is 3. The molecule has 9 heteroatoms. The number of amides is 2. The van der Waals surface area contributed by atoms with Crippen LogP contribution in [0.2, 0.25) is 5.02 Å². The van der Waals surface area contributed by atoms with Crippen molar-refractivity contribution in [1.29, 1.82) is 0 Å². The van der Waals surface area contributed by atoms with Crippen molar-refractivity contribution in [3.8, 4) is 5.75 Å². The van der Waals surface area contributed by atoms with E-state index < -0.39 is 41.1 Å². The molecular formula is C22H33ClN2O6. The quantitative estimate of drug-likeness (QED) is 0.580. The number of alkyl carbamates (subject to hydrolysis) is 1. The number of esters is 1. The van der Waals surface area contributed by atoms with Crippen LogP contribution in [-0.2, 0) is 25.5 Å². The van der Waals surface area contributed by atoms with Crippen LogP contribution in [0.4, 0.5) is 4.79 Å². The Bertz CT molecular complexity index is 804. The third kappa shape index (κ3) is 7.94. The zero-order chi connectivity index (χ0) is 24.0. The fraction of sp³-hybridized carbons (Fsp3) is 0.591. The first-order chi connectivity index (χ1) is 14.2. The van der Waals surface area contributed by atoms with Crippen molar-refractivity contribution in [3.63, 3.8) is 0 Å². The van der Waals surface area contributed by atoms with Crippen molar-refractivity contribution in [3.05, 3.63) is 28.8 Å². The number of halogens is 1. The lowest BCUT2D eigenvalue weighted by Gasteiger charge is -2.31. The first kappa shape index (κ1) is 26.6. The van der Waals surface area contributed by atoms with Gasteiger partial charge in [0.25, 0.3) is 0 Å². The van der Waals surface area contributed by atoms with Crippen LogP contribution >= 0.6 is 11.6 Å². The molecule has 1 rings (SSSR count). The number of benzene rings is 1. The van der Waals surface area contributed by atoms with Crippen molar-refractivity contribution in [1.82, 2.24) is 10.6 Å². The molecule has 31 heavy (non-hydrogen) atoms. The number of methoxy groups -OCH3 is 2.